The van der Waals surface area contributed by atoms with E-state index in [-0.39, 0.29) is 24.4 Å². The maximum Gasteiger partial charge on any atom is 0.0915 e. The summed E-state index contributed by atoms with van der Waals surface area (Å²) in [7, 11) is -1.22. The number of rotatable bonds is 14. The SMILES string of the molecule is CC1C(OCc2ccccc2)C(OCc2ccccc2)C(C)P1c1ccccc1P1C(C)C(OCc2ccccc2)C(OCc2ccccc2)C1C. The average Bonchev–Trinajstić information content (AvgIpc) is 3.57. The number of hydrogen-bond acceptors (Lipinski definition) is 4. The Morgan fingerprint density at radius 2 is 0.538 bits per heavy atom. The Hall–Kier alpha value is -3.20. The van der Waals surface area contributed by atoms with Crippen molar-refractivity contribution in [1.29, 1.82) is 0 Å². The van der Waals surface area contributed by atoms with Crippen molar-refractivity contribution in [2.45, 2.75) is 101 Å². The van der Waals surface area contributed by atoms with Gasteiger partial charge in [0.1, 0.15) is 0 Å². The van der Waals surface area contributed by atoms with E-state index in [1.807, 2.05) is 0 Å². The Morgan fingerprint density at radius 3 is 0.769 bits per heavy atom. The lowest BCUT2D eigenvalue weighted by Gasteiger charge is -2.31. The van der Waals surface area contributed by atoms with Gasteiger partial charge in [-0.25, -0.2) is 0 Å². The molecule has 0 radical (unpaired) electrons. The average molecular weight is 731 g/mol. The second-order valence-electron chi connectivity index (χ2n) is 14.3. The fourth-order valence-electron chi connectivity index (χ4n) is 8.25. The molecule has 0 aliphatic carbocycles. The molecule has 4 nitrogen and oxygen atoms in total. The van der Waals surface area contributed by atoms with Crippen molar-refractivity contribution >= 4 is 26.5 Å². The molecule has 2 saturated heterocycles. The van der Waals surface area contributed by atoms with E-state index in [0.717, 1.165) is 0 Å². The Labute approximate surface area is 313 Å². The molecule has 0 N–H and O–H groups in total. The third kappa shape index (κ3) is 8.45. The van der Waals surface area contributed by atoms with Gasteiger partial charge in [0.2, 0.25) is 0 Å². The second-order valence-corrected chi connectivity index (χ2v) is 20.2. The lowest BCUT2D eigenvalue weighted by molar-refractivity contribution is -0.0758. The number of benzene rings is 5. The molecule has 52 heavy (non-hydrogen) atoms. The molecular weight excluding hydrogens is 678 g/mol. The predicted molar refractivity (Wildman–Crippen MR) is 217 cm³/mol. The van der Waals surface area contributed by atoms with Gasteiger partial charge in [-0.3, -0.25) is 0 Å². The Morgan fingerprint density at radius 1 is 0.327 bits per heavy atom. The number of ether oxygens (including phenoxy) is 4. The topological polar surface area (TPSA) is 36.9 Å². The standard InChI is InChI=1S/C46H52O4P2/c1-33-43(47-29-37-19-9-5-10-20-37)44(48-30-38-21-11-6-12-22-38)34(2)51(33)41-27-17-18-28-42(41)52-35(3)45(49-31-39-23-13-7-14-24-39)46(36(52)4)50-32-40-25-15-8-16-26-40/h5-28,33-36,43-46H,29-32H2,1-4H3. The van der Waals surface area contributed by atoms with E-state index in [4.69, 9.17) is 18.9 Å². The van der Waals surface area contributed by atoms with Gasteiger partial charge in [0, 0.05) is 22.6 Å². The molecule has 2 aliphatic heterocycles. The highest BCUT2D eigenvalue weighted by molar-refractivity contribution is 7.73. The summed E-state index contributed by atoms with van der Waals surface area (Å²) in [5.41, 5.74) is 6.09. The maximum absolute atomic E-state index is 6.87. The van der Waals surface area contributed by atoms with Crippen molar-refractivity contribution in [2.75, 3.05) is 0 Å². The van der Waals surface area contributed by atoms with Crippen LogP contribution in [0.1, 0.15) is 49.9 Å². The molecule has 0 aromatic heterocycles. The molecule has 2 fully saturated rings. The fraction of sp³-hybridized carbons (Fsp3) is 0.348. The summed E-state index contributed by atoms with van der Waals surface area (Å²) >= 11 is 0. The van der Waals surface area contributed by atoms with E-state index in [2.05, 4.69) is 173 Å². The predicted octanol–water partition coefficient (Wildman–Crippen LogP) is 9.82. The Balaban J connectivity index is 1.18. The minimum absolute atomic E-state index is 0.00630. The van der Waals surface area contributed by atoms with E-state index < -0.39 is 15.8 Å². The highest BCUT2D eigenvalue weighted by Gasteiger charge is 2.52. The molecule has 7 rings (SSSR count). The van der Waals surface area contributed by atoms with Crippen LogP contribution in [0.25, 0.3) is 0 Å². The summed E-state index contributed by atoms with van der Waals surface area (Å²) in [4.78, 5) is 0. The van der Waals surface area contributed by atoms with Crippen LogP contribution in [0.3, 0.4) is 0 Å². The Kier molecular flexibility index (Phi) is 12.7. The van der Waals surface area contributed by atoms with Crippen molar-refractivity contribution in [1.82, 2.24) is 0 Å². The first-order chi connectivity index (χ1) is 25.5. The molecular formula is C46H52O4P2. The monoisotopic (exact) mass is 730 g/mol. The van der Waals surface area contributed by atoms with E-state index in [1.165, 1.54) is 32.9 Å². The van der Waals surface area contributed by atoms with Gasteiger partial charge in [0.05, 0.1) is 50.8 Å². The minimum atomic E-state index is -0.609. The van der Waals surface area contributed by atoms with Gasteiger partial charge < -0.3 is 18.9 Å². The first kappa shape index (κ1) is 37.1. The summed E-state index contributed by atoms with van der Waals surface area (Å²) in [6, 6.07) is 51.5. The van der Waals surface area contributed by atoms with Crippen molar-refractivity contribution < 1.29 is 18.9 Å². The van der Waals surface area contributed by atoms with Crippen LogP contribution in [-0.2, 0) is 45.4 Å². The molecule has 2 heterocycles. The van der Waals surface area contributed by atoms with Crippen molar-refractivity contribution in [3.8, 4) is 0 Å². The molecule has 8 atom stereocenters. The third-order valence-corrected chi connectivity index (χ3v) is 17.6. The largest absolute Gasteiger partial charge is 0.370 e. The van der Waals surface area contributed by atoms with Crippen molar-refractivity contribution in [2.24, 2.45) is 0 Å². The van der Waals surface area contributed by atoms with E-state index >= 15 is 0 Å². The van der Waals surface area contributed by atoms with Crippen LogP contribution in [0, 0.1) is 0 Å². The van der Waals surface area contributed by atoms with Crippen LogP contribution in [0.15, 0.2) is 146 Å². The third-order valence-electron chi connectivity index (χ3n) is 10.9. The molecule has 5 aromatic carbocycles. The molecule has 270 valence electrons. The van der Waals surface area contributed by atoms with Crippen molar-refractivity contribution in [3.05, 3.63) is 168 Å². The Bertz CT molecular complexity index is 1560. The molecule has 0 amide bonds. The van der Waals surface area contributed by atoms with Gasteiger partial charge in [-0.2, -0.15) is 0 Å². The highest BCUT2D eigenvalue weighted by atomic mass is 31.1. The van der Waals surface area contributed by atoms with Crippen LogP contribution < -0.4 is 10.6 Å². The molecule has 8 unspecified atom stereocenters. The molecule has 5 aromatic rings. The summed E-state index contributed by atoms with van der Waals surface area (Å²) in [5.74, 6) is 0. The van der Waals surface area contributed by atoms with E-state index in [1.54, 1.807) is 0 Å². The first-order valence-electron chi connectivity index (χ1n) is 18.8. The molecule has 6 heteroatoms. The van der Waals surface area contributed by atoms with Crippen molar-refractivity contribution in [3.63, 3.8) is 0 Å². The second kappa shape index (κ2) is 17.7. The smallest absolute Gasteiger partial charge is 0.0915 e. The van der Waals surface area contributed by atoms with E-state index in [9.17, 15) is 0 Å². The van der Waals surface area contributed by atoms with Crippen LogP contribution in [0.2, 0.25) is 0 Å². The van der Waals surface area contributed by atoms with Crippen LogP contribution >= 0.6 is 15.8 Å². The maximum atomic E-state index is 6.87. The lowest BCUT2D eigenvalue weighted by Crippen LogP contribution is -2.36. The lowest BCUT2D eigenvalue weighted by atomic mass is 10.1. The van der Waals surface area contributed by atoms with Gasteiger partial charge in [-0.15, -0.1) is 0 Å². The van der Waals surface area contributed by atoms with Crippen LogP contribution in [0.4, 0.5) is 0 Å². The van der Waals surface area contributed by atoms with E-state index in [0.29, 0.717) is 49.1 Å². The highest BCUT2D eigenvalue weighted by Crippen LogP contribution is 2.61. The van der Waals surface area contributed by atoms with Crippen LogP contribution in [0.5, 0.6) is 0 Å². The zero-order valence-corrected chi connectivity index (χ0v) is 32.6. The van der Waals surface area contributed by atoms with Gasteiger partial charge >= 0.3 is 0 Å². The van der Waals surface area contributed by atoms with Gasteiger partial charge in [-0.1, -0.05) is 189 Å². The normalized spacial score (nSPS) is 28.6. The van der Waals surface area contributed by atoms with Gasteiger partial charge in [-0.05, 0) is 32.9 Å². The molecule has 0 saturated carbocycles. The number of hydrogen-bond donors (Lipinski definition) is 0. The summed E-state index contributed by atoms with van der Waals surface area (Å²) in [5, 5.41) is 3.01. The summed E-state index contributed by atoms with van der Waals surface area (Å²) < 4.78 is 27.5. The first-order valence-corrected chi connectivity index (χ1v) is 21.7. The van der Waals surface area contributed by atoms with Gasteiger partial charge in [0.15, 0.2) is 0 Å². The zero-order valence-electron chi connectivity index (χ0n) is 30.8. The van der Waals surface area contributed by atoms with Crippen LogP contribution in [-0.4, -0.2) is 47.1 Å². The van der Waals surface area contributed by atoms with Gasteiger partial charge in [0.25, 0.3) is 0 Å². The zero-order chi connectivity index (χ0) is 35.9. The minimum Gasteiger partial charge on any atom is -0.370 e. The molecule has 0 bridgehead atoms. The summed E-state index contributed by atoms with van der Waals surface area (Å²) in [6.07, 6.45) is -0.0252. The fourth-order valence-corrected chi connectivity index (χ4v) is 15.7. The molecule has 0 spiro atoms. The summed E-state index contributed by atoms with van der Waals surface area (Å²) in [6.45, 7) is 12.0. The quantitative estimate of drug-likeness (QED) is 0.107. The molecule has 2 aliphatic rings.